The van der Waals surface area contributed by atoms with Gasteiger partial charge in [-0.1, -0.05) is 37.3 Å². The molecule has 1 aromatic rings. The highest BCUT2D eigenvalue weighted by atomic mass is 16.5. The summed E-state index contributed by atoms with van der Waals surface area (Å²) in [5, 5.41) is 21.1. The van der Waals surface area contributed by atoms with Gasteiger partial charge < -0.3 is 19.8 Å². The topological polar surface area (TPSA) is 70.0 Å². The molecule has 0 bridgehead atoms. The van der Waals surface area contributed by atoms with Crippen molar-refractivity contribution in [2.75, 3.05) is 14.1 Å². The molecule has 1 saturated carbocycles. The second kappa shape index (κ2) is 9.68. The van der Waals surface area contributed by atoms with E-state index < -0.39 is 12.2 Å². The maximum Gasteiger partial charge on any atom is 0.222 e. The van der Waals surface area contributed by atoms with Gasteiger partial charge in [-0.05, 0) is 24.8 Å². The van der Waals surface area contributed by atoms with Crippen molar-refractivity contribution < 1.29 is 19.7 Å². The molecule has 0 spiro atoms. The van der Waals surface area contributed by atoms with E-state index >= 15 is 0 Å². The maximum atomic E-state index is 12.0. The van der Waals surface area contributed by atoms with Gasteiger partial charge in [0.05, 0.1) is 12.2 Å². The minimum absolute atomic E-state index is 0.0380. The number of carbonyl (C=O) groups excluding carboxylic acids is 1. The van der Waals surface area contributed by atoms with Crippen molar-refractivity contribution in [2.45, 2.75) is 63.8 Å². The van der Waals surface area contributed by atoms with E-state index in [4.69, 9.17) is 4.74 Å². The minimum atomic E-state index is -0.595. The first-order valence-electron chi connectivity index (χ1n) is 10.8. The number of benzene rings is 1. The van der Waals surface area contributed by atoms with Crippen molar-refractivity contribution in [1.82, 2.24) is 4.90 Å². The smallest absolute Gasteiger partial charge is 0.222 e. The summed E-state index contributed by atoms with van der Waals surface area (Å²) in [7, 11) is 3.53. The summed E-state index contributed by atoms with van der Waals surface area (Å²) < 4.78 is 6.26. The zero-order valence-electron chi connectivity index (χ0n) is 18.3. The number of aliphatic hydroxyl groups excluding tert-OH is 2. The molecule has 0 aromatic heterocycles. The second-order valence-electron chi connectivity index (χ2n) is 8.67. The molecule has 6 atom stereocenters. The van der Waals surface area contributed by atoms with Gasteiger partial charge in [-0.2, -0.15) is 0 Å². The molecule has 3 rings (SSSR count). The van der Waals surface area contributed by atoms with E-state index in [1.807, 2.05) is 25.1 Å². The first-order chi connectivity index (χ1) is 14.3. The van der Waals surface area contributed by atoms with Crippen molar-refractivity contribution >= 4 is 5.91 Å². The average Bonchev–Trinajstić information content (AvgIpc) is 3.23. The third kappa shape index (κ3) is 4.71. The molecule has 1 aliphatic heterocycles. The Kier molecular flexibility index (Phi) is 7.23. The largest absolute Gasteiger partial charge is 0.489 e. The Bertz CT molecular complexity index is 850. The number of rotatable bonds is 7. The van der Waals surface area contributed by atoms with Gasteiger partial charge >= 0.3 is 0 Å². The number of ether oxygens (including phenoxy) is 1. The molecule has 1 heterocycles. The van der Waals surface area contributed by atoms with Crippen LogP contribution in [0.3, 0.4) is 0 Å². The van der Waals surface area contributed by atoms with Crippen molar-refractivity contribution in [2.24, 2.45) is 11.8 Å². The predicted molar refractivity (Wildman–Crippen MR) is 117 cm³/mol. The highest BCUT2D eigenvalue weighted by molar-refractivity contribution is 5.76. The van der Waals surface area contributed by atoms with Crippen LogP contribution in [0.25, 0.3) is 0 Å². The lowest BCUT2D eigenvalue weighted by Gasteiger charge is -2.19. The molecule has 1 aliphatic carbocycles. The van der Waals surface area contributed by atoms with Crippen LogP contribution < -0.4 is 4.74 Å². The van der Waals surface area contributed by atoms with Gasteiger partial charge in [0, 0.05) is 50.8 Å². The summed E-state index contributed by atoms with van der Waals surface area (Å²) in [6.07, 6.45) is 4.88. The minimum Gasteiger partial charge on any atom is -0.489 e. The van der Waals surface area contributed by atoms with Gasteiger partial charge in [-0.15, -0.1) is 11.8 Å². The van der Waals surface area contributed by atoms with Gasteiger partial charge in [-0.25, -0.2) is 0 Å². The van der Waals surface area contributed by atoms with E-state index in [1.54, 1.807) is 32.0 Å². The molecule has 30 heavy (non-hydrogen) atoms. The first kappa shape index (κ1) is 22.4. The van der Waals surface area contributed by atoms with Gasteiger partial charge in [0.2, 0.25) is 5.91 Å². The summed E-state index contributed by atoms with van der Waals surface area (Å²) in [5.74, 6) is 6.84. The van der Waals surface area contributed by atoms with E-state index in [-0.39, 0.29) is 29.8 Å². The molecule has 0 saturated heterocycles. The van der Waals surface area contributed by atoms with Crippen molar-refractivity contribution in [1.29, 1.82) is 0 Å². The summed E-state index contributed by atoms with van der Waals surface area (Å²) in [4.78, 5) is 13.6. The molecule has 0 unspecified atom stereocenters. The Labute approximate surface area is 179 Å². The number of hydrogen-bond donors (Lipinski definition) is 2. The summed E-state index contributed by atoms with van der Waals surface area (Å²) in [6, 6.07) is 6.09. The van der Waals surface area contributed by atoms with E-state index in [9.17, 15) is 15.0 Å². The van der Waals surface area contributed by atoms with E-state index in [2.05, 4.69) is 17.9 Å². The lowest BCUT2D eigenvalue weighted by molar-refractivity contribution is -0.128. The zero-order chi connectivity index (χ0) is 21.8. The van der Waals surface area contributed by atoms with Gasteiger partial charge in [-0.3, -0.25) is 4.79 Å². The molecular formula is C25H33NO4. The molecule has 2 aliphatic rings. The number of aryl methyl sites for hydroxylation is 1. The van der Waals surface area contributed by atoms with E-state index in [0.29, 0.717) is 25.7 Å². The molecule has 5 nitrogen and oxygen atoms in total. The molecule has 1 amide bonds. The van der Waals surface area contributed by atoms with Crippen LogP contribution in [0.4, 0.5) is 0 Å². The van der Waals surface area contributed by atoms with Gasteiger partial charge in [0.25, 0.3) is 0 Å². The van der Waals surface area contributed by atoms with Crippen molar-refractivity contribution in [3.05, 3.63) is 41.5 Å². The quantitative estimate of drug-likeness (QED) is 0.535. The number of nitrogens with zero attached hydrogens (tertiary/aromatic N) is 1. The highest BCUT2D eigenvalue weighted by Gasteiger charge is 2.48. The molecule has 1 aromatic carbocycles. The van der Waals surface area contributed by atoms with Crippen LogP contribution in [0, 0.1) is 23.7 Å². The maximum absolute atomic E-state index is 12.0. The Morgan fingerprint density at radius 1 is 1.40 bits per heavy atom. The van der Waals surface area contributed by atoms with Crippen LogP contribution >= 0.6 is 0 Å². The fourth-order valence-electron chi connectivity index (χ4n) is 4.45. The molecule has 162 valence electrons. The number of amides is 1. The second-order valence-corrected chi connectivity index (χ2v) is 8.67. The Morgan fingerprint density at radius 2 is 2.17 bits per heavy atom. The monoisotopic (exact) mass is 411 g/mol. The fourth-order valence-corrected chi connectivity index (χ4v) is 4.45. The van der Waals surface area contributed by atoms with Crippen LogP contribution in [0.15, 0.2) is 30.4 Å². The zero-order valence-corrected chi connectivity index (χ0v) is 18.3. The van der Waals surface area contributed by atoms with Crippen LogP contribution in [0.1, 0.15) is 50.2 Å². The normalized spacial score (nSPS) is 26.3. The third-order valence-corrected chi connectivity index (χ3v) is 6.31. The summed E-state index contributed by atoms with van der Waals surface area (Å²) in [6.45, 7) is 3.77. The molecule has 2 N–H and O–H groups in total. The third-order valence-electron chi connectivity index (χ3n) is 6.31. The SMILES string of the molecule is CC#CC[C@H](C)[C@H](O)C=C[C@@H]1[C@H]2c3cccc(CCC(=O)N(C)C)c3O[C@H]2C[C@H]1O. The first-order valence-corrected chi connectivity index (χ1v) is 10.8. The van der Waals surface area contributed by atoms with E-state index in [0.717, 1.165) is 16.9 Å². The lowest BCUT2D eigenvalue weighted by atomic mass is 9.86. The van der Waals surface area contributed by atoms with E-state index in [1.165, 1.54) is 0 Å². The lowest BCUT2D eigenvalue weighted by Crippen LogP contribution is -2.22. The summed E-state index contributed by atoms with van der Waals surface area (Å²) in [5.41, 5.74) is 2.14. The number of carbonyl (C=O) groups is 1. The predicted octanol–water partition coefficient (Wildman–Crippen LogP) is 2.90. The number of para-hydroxylation sites is 1. The van der Waals surface area contributed by atoms with Crippen molar-refractivity contribution in [3.8, 4) is 17.6 Å². The average molecular weight is 412 g/mol. The highest BCUT2D eigenvalue weighted by Crippen LogP contribution is 2.52. The molecule has 1 fully saturated rings. The van der Waals surface area contributed by atoms with Crippen molar-refractivity contribution in [3.63, 3.8) is 0 Å². The van der Waals surface area contributed by atoms with Crippen LogP contribution in [0.5, 0.6) is 5.75 Å². The Morgan fingerprint density at radius 3 is 2.87 bits per heavy atom. The van der Waals surface area contributed by atoms with Crippen LogP contribution in [0.2, 0.25) is 0 Å². The molecule has 0 radical (unpaired) electrons. The molecular weight excluding hydrogens is 378 g/mol. The van der Waals surface area contributed by atoms with Crippen LogP contribution in [-0.4, -0.2) is 53.4 Å². The Balaban J connectivity index is 1.76. The standard InChI is InChI=1S/C25H33NO4/c1-5-6-8-16(2)20(27)13-12-18-21(28)15-22-24(18)19-10-7-9-17(25(19)30-22)11-14-23(29)26(3)4/h7,9-10,12-13,16,18,20-22,24,27-28H,8,11,14-15H2,1-4H3/t16-,18-,20+,21+,22-,24-/m0/s1. The van der Waals surface area contributed by atoms with Crippen LogP contribution in [-0.2, 0) is 11.2 Å². The number of hydrogen-bond acceptors (Lipinski definition) is 4. The van der Waals surface area contributed by atoms with Gasteiger partial charge in [0.1, 0.15) is 11.9 Å². The van der Waals surface area contributed by atoms with Gasteiger partial charge in [0.15, 0.2) is 0 Å². The number of fused-ring (bicyclic) bond motifs is 3. The number of aliphatic hydroxyl groups is 2. The Hall–Kier alpha value is -2.29. The summed E-state index contributed by atoms with van der Waals surface area (Å²) >= 11 is 0. The molecule has 5 heteroatoms. The fraction of sp³-hybridized carbons (Fsp3) is 0.560.